The van der Waals surface area contributed by atoms with Gasteiger partial charge in [-0.3, -0.25) is 0 Å². The lowest BCUT2D eigenvalue weighted by molar-refractivity contribution is 0.188. The molecule has 1 aromatic rings. The molecule has 0 amide bonds. The SMILES string of the molecule is C[C@](N)(CO)c1ccc(Cl)o1. The Bertz CT molecular complexity index is 244. The fraction of sp³-hybridized carbons (Fsp3) is 0.429. The summed E-state index contributed by atoms with van der Waals surface area (Å²) >= 11 is 5.52. The molecule has 0 saturated carbocycles. The highest BCUT2D eigenvalue weighted by atomic mass is 35.5. The molecular weight excluding hydrogens is 166 g/mol. The zero-order valence-corrected chi connectivity index (χ0v) is 6.93. The Morgan fingerprint density at radius 3 is 2.73 bits per heavy atom. The molecule has 1 heterocycles. The van der Waals surface area contributed by atoms with Crippen molar-refractivity contribution in [3.05, 3.63) is 23.1 Å². The van der Waals surface area contributed by atoms with E-state index in [1.807, 2.05) is 0 Å². The van der Waals surface area contributed by atoms with Gasteiger partial charge in [0.2, 0.25) is 0 Å². The Morgan fingerprint density at radius 2 is 2.36 bits per heavy atom. The molecule has 0 aromatic carbocycles. The highest BCUT2D eigenvalue weighted by molar-refractivity contribution is 6.28. The van der Waals surface area contributed by atoms with Gasteiger partial charge >= 0.3 is 0 Å². The first-order valence-electron chi connectivity index (χ1n) is 3.22. The van der Waals surface area contributed by atoms with Crippen LogP contribution in [0.1, 0.15) is 12.7 Å². The van der Waals surface area contributed by atoms with E-state index in [1.54, 1.807) is 19.1 Å². The van der Waals surface area contributed by atoms with Crippen molar-refractivity contribution >= 4 is 11.6 Å². The van der Waals surface area contributed by atoms with Gasteiger partial charge in [0.05, 0.1) is 12.1 Å². The summed E-state index contributed by atoms with van der Waals surface area (Å²) in [7, 11) is 0. The number of hydrogen-bond donors (Lipinski definition) is 2. The quantitative estimate of drug-likeness (QED) is 0.708. The van der Waals surface area contributed by atoms with Crippen LogP contribution >= 0.6 is 11.6 Å². The first-order chi connectivity index (χ1) is 5.06. The summed E-state index contributed by atoms with van der Waals surface area (Å²) < 4.78 is 5.02. The second-order valence-corrected chi connectivity index (χ2v) is 3.05. The smallest absolute Gasteiger partial charge is 0.193 e. The Morgan fingerprint density at radius 1 is 1.73 bits per heavy atom. The summed E-state index contributed by atoms with van der Waals surface area (Å²) in [6.07, 6.45) is 0. The van der Waals surface area contributed by atoms with Gasteiger partial charge < -0.3 is 15.3 Å². The third-order valence-electron chi connectivity index (χ3n) is 1.46. The van der Waals surface area contributed by atoms with Gasteiger partial charge in [-0.1, -0.05) is 0 Å². The zero-order chi connectivity index (χ0) is 8.48. The van der Waals surface area contributed by atoms with Gasteiger partial charge in [0.1, 0.15) is 5.76 Å². The van der Waals surface area contributed by atoms with Crippen LogP contribution in [-0.4, -0.2) is 11.7 Å². The molecule has 3 N–H and O–H groups in total. The van der Waals surface area contributed by atoms with Gasteiger partial charge in [0.15, 0.2) is 5.22 Å². The average molecular weight is 176 g/mol. The molecule has 0 radical (unpaired) electrons. The summed E-state index contributed by atoms with van der Waals surface area (Å²) in [6, 6.07) is 3.25. The number of aliphatic hydroxyl groups excluding tert-OH is 1. The molecule has 0 aliphatic carbocycles. The summed E-state index contributed by atoms with van der Waals surface area (Å²) in [5.74, 6) is 0.491. The molecule has 0 fully saturated rings. The van der Waals surface area contributed by atoms with Crippen molar-refractivity contribution in [1.29, 1.82) is 0 Å². The minimum Gasteiger partial charge on any atom is -0.448 e. The second-order valence-electron chi connectivity index (χ2n) is 2.68. The summed E-state index contributed by atoms with van der Waals surface area (Å²) in [5, 5.41) is 9.11. The fourth-order valence-electron chi connectivity index (χ4n) is 0.699. The first-order valence-corrected chi connectivity index (χ1v) is 3.59. The first kappa shape index (κ1) is 8.59. The summed E-state index contributed by atoms with van der Waals surface area (Å²) in [6.45, 7) is 1.50. The van der Waals surface area contributed by atoms with E-state index in [1.165, 1.54) is 0 Å². The van der Waals surface area contributed by atoms with E-state index < -0.39 is 5.54 Å². The van der Waals surface area contributed by atoms with Gasteiger partial charge in [-0.25, -0.2) is 0 Å². The number of furan rings is 1. The maximum absolute atomic E-state index is 8.83. The van der Waals surface area contributed by atoms with Crippen molar-refractivity contribution in [2.75, 3.05) is 6.61 Å². The predicted octanol–water partition coefficient (Wildman–Crippen LogP) is 1.10. The second kappa shape index (κ2) is 2.85. The van der Waals surface area contributed by atoms with Crippen LogP contribution in [0, 0.1) is 0 Å². The molecule has 4 heteroatoms. The number of hydrogen-bond acceptors (Lipinski definition) is 3. The number of aliphatic hydroxyl groups is 1. The van der Waals surface area contributed by atoms with E-state index in [4.69, 9.17) is 26.9 Å². The van der Waals surface area contributed by atoms with Crippen molar-refractivity contribution < 1.29 is 9.52 Å². The molecular formula is C7H10ClNO2. The molecule has 0 saturated heterocycles. The Kier molecular flexibility index (Phi) is 2.23. The van der Waals surface area contributed by atoms with Crippen LogP contribution in [0.2, 0.25) is 5.22 Å². The minimum atomic E-state index is -0.840. The third kappa shape index (κ3) is 1.74. The van der Waals surface area contributed by atoms with Crippen molar-refractivity contribution in [2.45, 2.75) is 12.5 Å². The number of nitrogens with two attached hydrogens (primary N) is 1. The largest absolute Gasteiger partial charge is 0.448 e. The van der Waals surface area contributed by atoms with E-state index in [9.17, 15) is 0 Å². The standard InChI is InChI=1S/C7H10ClNO2/c1-7(9,4-10)5-2-3-6(8)11-5/h2-3,10H,4,9H2,1H3/t7-/m0/s1. The van der Waals surface area contributed by atoms with Gasteiger partial charge in [-0.2, -0.15) is 0 Å². The summed E-state index contributed by atoms with van der Waals surface area (Å²) in [5.41, 5.74) is 4.81. The highest BCUT2D eigenvalue weighted by Gasteiger charge is 2.23. The van der Waals surface area contributed by atoms with Crippen molar-refractivity contribution in [1.82, 2.24) is 0 Å². The van der Waals surface area contributed by atoms with Gasteiger partial charge in [-0.15, -0.1) is 0 Å². The average Bonchev–Trinajstić information content (AvgIpc) is 2.36. The molecule has 0 bridgehead atoms. The van der Waals surface area contributed by atoms with E-state index in [0.29, 0.717) is 5.76 Å². The Labute approximate surface area is 69.8 Å². The van der Waals surface area contributed by atoms with Gasteiger partial charge in [-0.05, 0) is 30.7 Å². The maximum Gasteiger partial charge on any atom is 0.193 e. The van der Waals surface area contributed by atoms with Crippen molar-refractivity contribution in [3.63, 3.8) is 0 Å². The monoisotopic (exact) mass is 175 g/mol. The normalized spacial score (nSPS) is 16.4. The van der Waals surface area contributed by atoms with E-state index in [2.05, 4.69) is 0 Å². The molecule has 11 heavy (non-hydrogen) atoms. The molecule has 62 valence electrons. The molecule has 1 rings (SSSR count). The van der Waals surface area contributed by atoms with Crippen molar-refractivity contribution in [2.24, 2.45) is 5.73 Å². The molecule has 3 nitrogen and oxygen atoms in total. The lowest BCUT2D eigenvalue weighted by Crippen LogP contribution is -2.36. The molecule has 0 unspecified atom stereocenters. The lowest BCUT2D eigenvalue weighted by atomic mass is 10.0. The van der Waals surface area contributed by atoms with Crippen LogP contribution in [0.3, 0.4) is 0 Å². The number of rotatable bonds is 2. The summed E-state index contributed by atoms with van der Waals surface area (Å²) in [4.78, 5) is 0. The molecule has 0 aliphatic rings. The van der Waals surface area contributed by atoms with Gasteiger partial charge in [0, 0.05) is 0 Å². The maximum atomic E-state index is 8.83. The van der Waals surface area contributed by atoms with Crippen LogP contribution in [-0.2, 0) is 5.54 Å². The number of halogens is 1. The Hall–Kier alpha value is -0.510. The zero-order valence-electron chi connectivity index (χ0n) is 6.17. The van der Waals surface area contributed by atoms with E-state index in [0.717, 1.165) is 0 Å². The predicted molar refractivity (Wildman–Crippen MR) is 42.3 cm³/mol. The molecule has 1 aromatic heterocycles. The molecule has 1 atom stereocenters. The third-order valence-corrected chi connectivity index (χ3v) is 1.67. The fourth-order valence-corrected chi connectivity index (χ4v) is 0.845. The van der Waals surface area contributed by atoms with E-state index in [-0.39, 0.29) is 11.8 Å². The van der Waals surface area contributed by atoms with Gasteiger partial charge in [0.25, 0.3) is 0 Å². The minimum absolute atomic E-state index is 0.170. The molecule has 0 spiro atoms. The topological polar surface area (TPSA) is 59.4 Å². The highest BCUT2D eigenvalue weighted by Crippen LogP contribution is 2.22. The van der Waals surface area contributed by atoms with Crippen LogP contribution in [0.25, 0.3) is 0 Å². The van der Waals surface area contributed by atoms with Crippen LogP contribution < -0.4 is 5.73 Å². The van der Waals surface area contributed by atoms with Crippen LogP contribution in [0.5, 0.6) is 0 Å². The van der Waals surface area contributed by atoms with E-state index >= 15 is 0 Å². The van der Waals surface area contributed by atoms with Crippen molar-refractivity contribution in [3.8, 4) is 0 Å². The Balaban J connectivity index is 2.92. The van der Waals surface area contributed by atoms with Crippen LogP contribution in [0.15, 0.2) is 16.5 Å². The van der Waals surface area contributed by atoms with Crippen LogP contribution in [0.4, 0.5) is 0 Å². The molecule has 0 aliphatic heterocycles. The lowest BCUT2D eigenvalue weighted by Gasteiger charge is -2.17.